The van der Waals surface area contributed by atoms with Crippen molar-refractivity contribution in [3.05, 3.63) is 51.0 Å². The van der Waals surface area contributed by atoms with E-state index in [1.807, 2.05) is 24.8 Å². The van der Waals surface area contributed by atoms with Crippen molar-refractivity contribution < 1.29 is 29.7 Å². The Bertz CT molecular complexity index is 1320. The largest absolute Gasteiger partial charge is 0.511 e. The summed E-state index contributed by atoms with van der Waals surface area (Å²) in [7, 11) is 3.45. The molecule has 0 radical (unpaired) electrons. The van der Waals surface area contributed by atoms with E-state index in [9.17, 15) is 29.7 Å². The van der Waals surface area contributed by atoms with Crippen LogP contribution in [-0.2, 0) is 21.8 Å². The van der Waals surface area contributed by atoms with Crippen molar-refractivity contribution in [2.45, 2.75) is 75.8 Å². The van der Waals surface area contributed by atoms with E-state index in [0.29, 0.717) is 29.4 Å². The summed E-state index contributed by atoms with van der Waals surface area (Å²) in [5, 5.41) is 34.5. The number of phenols is 1. The van der Waals surface area contributed by atoms with Gasteiger partial charge in [0.05, 0.1) is 17.0 Å². The quantitative estimate of drug-likeness (QED) is 0.396. The van der Waals surface area contributed by atoms with Crippen molar-refractivity contribution in [3.8, 4) is 5.75 Å². The number of ketones is 2. The number of nitrogens with zero attached hydrogens (tertiary/aromatic N) is 1. The van der Waals surface area contributed by atoms with Gasteiger partial charge in [0.15, 0.2) is 11.6 Å². The first-order valence-corrected chi connectivity index (χ1v) is 14.8. The fraction of sp³-hybridized carbons (Fsp3) is 0.567. The van der Waals surface area contributed by atoms with E-state index in [0.717, 1.165) is 24.0 Å². The molecule has 5 rings (SSSR count). The zero-order valence-corrected chi connectivity index (χ0v) is 23.9. The molecule has 1 saturated carbocycles. The molecule has 1 amide bonds. The van der Waals surface area contributed by atoms with E-state index in [1.165, 1.54) is 26.2 Å². The minimum absolute atomic E-state index is 0.0496. The number of carbonyl (C=O) groups is 3. The monoisotopic (exact) mass is 554 g/mol. The zero-order valence-electron chi connectivity index (χ0n) is 23.0. The number of thioether (sulfide) groups is 1. The maximum absolute atomic E-state index is 14.1. The Morgan fingerprint density at radius 1 is 1.15 bits per heavy atom. The highest BCUT2D eigenvalue weighted by Gasteiger charge is 2.61. The second-order valence-electron chi connectivity index (χ2n) is 12.0. The molecule has 8 nitrogen and oxygen atoms in total. The summed E-state index contributed by atoms with van der Waals surface area (Å²) in [6, 6.07) is 1.23. The van der Waals surface area contributed by atoms with E-state index in [4.69, 9.17) is 5.73 Å². The number of carbonyl (C=O) groups excluding carboxylic acids is 3. The molecule has 4 atom stereocenters. The van der Waals surface area contributed by atoms with Gasteiger partial charge in [-0.1, -0.05) is 25.3 Å². The number of aromatic hydroxyl groups is 1. The molecule has 1 fully saturated rings. The molecule has 39 heavy (non-hydrogen) atoms. The third kappa shape index (κ3) is 4.20. The number of allylic oxidation sites excluding steroid dienone is 2. The van der Waals surface area contributed by atoms with Gasteiger partial charge in [-0.15, -0.1) is 0 Å². The number of benzene rings is 1. The number of hydrogen-bond donors (Lipinski definition) is 4. The minimum atomic E-state index is -1.62. The summed E-state index contributed by atoms with van der Waals surface area (Å²) >= 11 is 1.81. The van der Waals surface area contributed by atoms with E-state index < -0.39 is 52.1 Å². The van der Waals surface area contributed by atoms with Crippen LogP contribution in [0.15, 0.2) is 28.7 Å². The second kappa shape index (κ2) is 10.0. The number of likely N-dealkylation sites (N-methyl/N-ethyl adjacent to an activating group) is 1. The first-order valence-electron chi connectivity index (χ1n) is 13.8. The van der Waals surface area contributed by atoms with Crippen LogP contribution in [-0.4, -0.2) is 63.1 Å². The van der Waals surface area contributed by atoms with Gasteiger partial charge in [0.1, 0.15) is 22.8 Å². The van der Waals surface area contributed by atoms with Gasteiger partial charge >= 0.3 is 0 Å². The third-order valence-corrected chi connectivity index (χ3v) is 10.9. The molecule has 0 aromatic heterocycles. The van der Waals surface area contributed by atoms with Gasteiger partial charge in [-0.25, -0.2) is 0 Å². The summed E-state index contributed by atoms with van der Waals surface area (Å²) in [6.45, 7) is 3.47. The van der Waals surface area contributed by atoms with Crippen molar-refractivity contribution >= 4 is 29.2 Å². The van der Waals surface area contributed by atoms with Crippen LogP contribution in [0.2, 0.25) is 0 Å². The number of phenolic OH excluding ortho intramolecular Hbond substituents is 1. The number of nitrogens with two attached hydrogens (primary N) is 1. The summed E-state index contributed by atoms with van der Waals surface area (Å²) in [6.07, 6.45) is 6.79. The summed E-state index contributed by atoms with van der Waals surface area (Å²) < 4.78 is 0. The van der Waals surface area contributed by atoms with E-state index in [2.05, 4.69) is 0 Å². The Labute approximate surface area is 233 Å². The first-order chi connectivity index (χ1) is 18.4. The van der Waals surface area contributed by atoms with Crippen LogP contribution in [0.25, 0.3) is 0 Å². The molecule has 1 aromatic rings. The molecule has 0 aliphatic heterocycles. The van der Waals surface area contributed by atoms with Crippen LogP contribution in [0, 0.1) is 24.2 Å². The van der Waals surface area contributed by atoms with Crippen molar-refractivity contribution in [2.24, 2.45) is 23.0 Å². The molecule has 0 spiro atoms. The summed E-state index contributed by atoms with van der Waals surface area (Å²) in [4.78, 5) is 41.7. The molecule has 3 unspecified atom stereocenters. The molecule has 0 bridgehead atoms. The number of aliphatic hydroxyl groups is 2. The Hall–Kier alpha value is -2.78. The lowest BCUT2D eigenvalue weighted by molar-refractivity contribution is -0.134. The van der Waals surface area contributed by atoms with Crippen molar-refractivity contribution in [2.75, 3.05) is 14.1 Å². The van der Waals surface area contributed by atoms with Gasteiger partial charge < -0.3 is 21.1 Å². The number of fused-ring (bicyclic) bond motifs is 3. The summed E-state index contributed by atoms with van der Waals surface area (Å²) in [5.74, 6) is -3.56. The van der Waals surface area contributed by atoms with Crippen LogP contribution in [0.5, 0.6) is 5.75 Å². The molecular weight excluding hydrogens is 516 g/mol. The fourth-order valence-corrected chi connectivity index (χ4v) is 8.72. The van der Waals surface area contributed by atoms with Gasteiger partial charge in [-0.05, 0) is 70.7 Å². The maximum Gasteiger partial charge on any atom is 0.255 e. The van der Waals surface area contributed by atoms with E-state index in [-0.39, 0.29) is 22.6 Å². The average molecular weight is 555 g/mol. The molecule has 1 aromatic carbocycles. The minimum Gasteiger partial charge on any atom is -0.511 e. The highest BCUT2D eigenvalue weighted by molar-refractivity contribution is 7.99. The Kier molecular flexibility index (Phi) is 7.12. The molecule has 210 valence electrons. The van der Waals surface area contributed by atoms with Crippen molar-refractivity contribution in [3.63, 3.8) is 0 Å². The number of primary amides is 1. The van der Waals surface area contributed by atoms with Crippen LogP contribution < -0.4 is 5.73 Å². The lowest BCUT2D eigenvalue weighted by Gasteiger charge is -2.51. The first kappa shape index (κ1) is 27.8. The number of hydrogen-bond acceptors (Lipinski definition) is 8. The van der Waals surface area contributed by atoms with Crippen LogP contribution >= 0.6 is 11.8 Å². The average Bonchev–Trinajstić information content (AvgIpc) is 2.87. The highest BCUT2D eigenvalue weighted by Crippen LogP contribution is 2.56. The number of aryl methyl sites for hydroxylation is 1. The lowest BCUT2D eigenvalue weighted by Crippen LogP contribution is -2.58. The predicted molar refractivity (Wildman–Crippen MR) is 150 cm³/mol. The molecule has 9 heteroatoms. The molecule has 4 aliphatic carbocycles. The second-order valence-corrected chi connectivity index (χ2v) is 13.3. The van der Waals surface area contributed by atoms with Gasteiger partial charge in [0.25, 0.3) is 5.91 Å². The number of rotatable bonds is 5. The molecule has 0 heterocycles. The lowest BCUT2D eigenvalue weighted by atomic mass is 9.54. The number of amides is 1. The van der Waals surface area contributed by atoms with E-state index >= 15 is 0 Å². The topological polar surface area (TPSA) is 141 Å². The Morgan fingerprint density at radius 2 is 1.82 bits per heavy atom. The van der Waals surface area contributed by atoms with Gasteiger partial charge in [0.2, 0.25) is 0 Å². The van der Waals surface area contributed by atoms with E-state index in [1.54, 1.807) is 19.0 Å². The normalized spacial score (nSPS) is 29.4. The Balaban J connectivity index is 1.59. The summed E-state index contributed by atoms with van der Waals surface area (Å²) in [5.41, 5.74) is 6.04. The molecular formula is C30H38N2O6S. The number of aliphatic hydroxyl groups excluding tert-OH is 2. The Morgan fingerprint density at radius 3 is 2.44 bits per heavy atom. The fourth-order valence-electron chi connectivity index (χ4n) is 7.42. The smallest absolute Gasteiger partial charge is 0.255 e. The molecule has 0 saturated heterocycles. The maximum atomic E-state index is 14.1. The molecule has 5 N–H and O–H groups in total. The van der Waals surface area contributed by atoms with Gasteiger partial charge in [-0.2, -0.15) is 11.8 Å². The van der Waals surface area contributed by atoms with Crippen LogP contribution in [0.3, 0.4) is 0 Å². The third-order valence-electron chi connectivity index (χ3n) is 9.51. The van der Waals surface area contributed by atoms with Crippen LogP contribution in [0.4, 0.5) is 0 Å². The standard InChI is InChI=1S/C30H38N2O6S/c1-14-10-16(13-39-17-8-6-5-7-9-17)24(33)21-18(14)11-15-12-19-23(32(3)4)26(35)22(29(31)38)28(37)30(19,2)27(36)20(15)25(21)34/h10,15,17,19,23,33,35-36H,5-9,11-13H2,1-4H3,(H2,31,38)/t15?,19?,23?,30-/m0/s1. The van der Waals surface area contributed by atoms with Gasteiger partial charge in [0, 0.05) is 28.1 Å². The SMILES string of the molecule is Cc1cc(CSC2CCCCC2)c(O)c2c1CC1CC3C(N(C)C)C(O)=C(C(N)=O)C(=O)[C@]3(C)C(O)=C1C2=O. The highest BCUT2D eigenvalue weighted by atomic mass is 32.2. The number of Topliss-reactive ketones (excluding diaryl/α,β-unsaturated/α-hetero) is 2. The van der Waals surface area contributed by atoms with Gasteiger partial charge in [-0.3, -0.25) is 19.3 Å². The molecule has 4 aliphatic rings. The predicted octanol–water partition coefficient (Wildman–Crippen LogP) is 4.27. The van der Waals surface area contributed by atoms with Crippen LogP contribution in [0.1, 0.15) is 72.5 Å². The zero-order chi connectivity index (χ0) is 28.4. The van der Waals surface area contributed by atoms with Crippen molar-refractivity contribution in [1.82, 2.24) is 4.90 Å². The van der Waals surface area contributed by atoms with Crippen molar-refractivity contribution in [1.29, 1.82) is 0 Å².